The Kier molecular flexibility index (Phi) is 24.0. The molecule has 27 nitrogen and oxygen atoms in total. The molecule has 0 radical (unpaired) electrons. The minimum Gasteiger partial charge on any atom is -0.506 e. The number of hydrazone groups is 1. The highest BCUT2D eigenvalue weighted by Crippen LogP contribution is 2.25. The number of amidine groups is 1. The van der Waals surface area contributed by atoms with Crippen LogP contribution < -0.4 is 60.5 Å². The molecule has 5 rings (SSSR count). The molecule has 0 fully saturated rings. The number of aliphatic hydroxyl groups excluding tert-OH is 1. The standard InChI is InChI=1S/C42H51N17O9.C3H8.CH4O/c1-22(51-32(63)20-49-31(62)7-3-2-4-15-59-33(64)12-13-34(59)65)39(66)53-24-9-10-27(28(17-24)36(43)57-58-46)41(68)47-14-5-6-25(21-60)54-40(67)23-8-11-29(30(61)16-23)48-18-26-19-50-38-35(52-26)37(44)55-42(45)56-38;1-3-2;1-2/h8-13,16-17,19,21-22,25,48,58,61H,2-7,14-15,18,20,46H2,1H3,(H2,43,57)(H,47,68)(H,49,62)(H,51,63)(H,53,66)(H,54,67)(H4,44,45,50,55,56);3H2,1-2H3;2H,1H3. The van der Waals surface area contributed by atoms with Gasteiger partial charge >= 0.3 is 0 Å². The van der Waals surface area contributed by atoms with E-state index in [9.17, 15) is 43.5 Å². The Bertz CT molecular complexity index is 2650. The van der Waals surface area contributed by atoms with Crippen LogP contribution in [0.15, 0.2) is 59.8 Å². The number of phenolic OH excluding ortho intramolecular Hbond substituents is 1. The van der Waals surface area contributed by atoms with E-state index in [0.717, 1.165) is 12.0 Å². The molecule has 2 aromatic carbocycles. The second-order valence-corrected chi connectivity index (χ2v) is 15.8. The van der Waals surface area contributed by atoms with Gasteiger partial charge in [-0.2, -0.15) is 9.97 Å². The molecule has 1 aliphatic rings. The molecule has 0 aliphatic carbocycles. The lowest BCUT2D eigenvalue weighted by molar-refractivity contribution is -0.137. The van der Waals surface area contributed by atoms with Crippen LogP contribution in [0.3, 0.4) is 0 Å². The van der Waals surface area contributed by atoms with Crippen LogP contribution in [0.4, 0.5) is 23.1 Å². The van der Waals surface area contributed by atoms with Crippen LogP contribution in [-0.2, 0) is 35.3 Å². The fourth-order valence-electron chi connectivity index (χ4n) is 6.54. The molecular weight excluding hydrogens is 951 g/mol. The number of unbranched alkanes of at least 4 members (excludes halogenated alkanes) is 2. The Hall–Kier alpha value is -8.85. The average molecular weight is 1010 g/mol. The second-order valence-electron chi connectivity index (χ2n) is 15.8. The van der Waals surface area contributed by atoms with Crippen molar-refractivity contribution in [3.63, 3.8) is 0 Å². The summed E-state index contributed by atoms with van der Waals surface area (Å²) < 4.78 is 0. The van der Waals surface area contributed by atoms with Crippen molar-refractivity contribution in [2.24, 2.45) is 16.7 Å². The van der Waals surface area contributed by atoms with Gasteiger partial charge in [0.15, 0.2) is 22.8 Å². The molecule has 392 valence electrons. The molecule has 0 spiro atoms. The number of hydrogen-bond acceptors (Lipinski definition) is 20. The third-order valence-electron chi connectivity index (χ3n) is 10.1. The third-order valence-corrected chi connectivity index (χ3v) is 10.1. The van der Waals surface area contributed by atoms with Gasteiger partial charge in [0.2, 0.25) is 23.7 Å². The van der Waals surface area contributed by atoms with E-state index >= 15 is 0 Å². The van der Waals surface area contributed by atoms with Crippen LogP contribution in [0.25, 0.3) is 11.2 Å². The molecule has 3 heterocycles. The zero-order valence-corrected chi connectivity index (χ0v) is 40.9. The van der Waals surface area contributed by atoms with Gasteiger partial charge in [-0.1, -0.05) is 26.7 Å². The molecule has 0 saturated carbocycles. The number of nitrogens with one attached hydrogen (secondary N) is 7. The molecule has 2 unspecified atom stereocenters. The summed E-state index contributed by atoms with van der Waals surface area (Å²) in [5.74, 6) is 1.31. The van der Waals surface area contributed by atoms with E-state index in [1.807, 2.05) is 5.53 Å². The Morgan fingerprint density at radius 3 is 2.25 bits per heavy atom. The fraction of sp³-hybridized carbons (Fsp3) is 0.370. The molecule has 0 bridgehead atoms. The lowest BCUT2D eigenvalue weighted by Gasteiger charge is -2.16. The molecule has 17 N–H and O–H groups in total. The number of phenols is 1. The van der Waals surface area contributed by atoms with Crippen molar-refractivity contribution in [3.05, 3.63) is 77.1 Å². The number of imide groups is 1. The Morgan fingerprint density at radius 1 is 0.863 bits per heavy atom. The van der Waals surface area contributed by atoms with Crippen molar-refractivity contribution >= 4 is 87.8 Å². The third kappa shape index (κ3) is 18.4. The molecule has 27 heteroatoms. The summed E-state index contributed by atoms with van der Waals surface area (Å²) in [4.78, 5) is 117. The van der Waals surface area contributed by atoms with E-state index in [1.165, 1.54) is 68.1 Å². The van der Waals surface area contributed by atoms with Crippen molar-refractivity contribution in [1.82, 2.24) is 51.6 Å². The summed E-state index contributed by atoms with van der Waals surface area (Å²) in [6, 6.07) is 6.35. The number of aldehydes is 1. The number of nitrogens with two attached hydrogens (primary N) is 4. The number of aromatic hydroxyl groups is 1. The molecule has 1 aliphatic heterocycles. The summed E-state index contributed by atoms with van der Waals surface area (Å²) in [6.45, 7) is 5.75. The number of nitrogen functional groups attached to an aromatic ring is 2. The van der Waals surface area contributed by atoms with Gasteiger partial charge in [-0.3, -0.25) is 38.5 Å². The van der Waals surface area contributed by atoms with Crippen LogP contribution in [0.1, 0.15) is 97.7 Å². The first-order chi connectivity index (χ1) is 35.0. The number of fused-ring (bicyclic) bond motifs is 1. The zero-order valence-electron chi connectivity index (χ0n) is 40.9. The molecule has 73 heavy (non-hydrogen) atoms. The number of hydrazine groups is 1. The maximum Gasteiger partial charge on any atom is 0.253 e. The van der Waals surface area contributed by atoms with Crippen LogP contribution in [0.2, 0.25) is 0 Å². The number of aliphatic hydroxyl groups is 1. The van der Waals surface area contributed by atoms with Crippen LogP contribution in [0.5, 0.6) is 5.75 Å². The van der Waals surface area contributed by atoms with E-state index < -0.39 is 35.7 Å². The van der Waals surface area contributed by atoms with Crippen molar-refractivity contribution in [1.29, 1.82) is 0 Å². The van der Waals surface area contributed by atoms with Gasteiger partial charge in [-0.05, 0) is 69.0 Å². The van der Waals surface area contributed by atoms with E-state index in [-0.39, 0.29) is 126 Å². The largest absolute Gasteiger partial charge is 0.506 e. The number of anilines is 4. The molecule has 7 amide bonds. The van der Waals surface area contributed by atoms with Gasteiger partial charge in [-0.15, -0.1) is 5.10 Å². The minimum absolute atomic E-state index is 0.0368. The normalized spacial score (nSPS) is 12.5. The van der Waals surface area contributed by atoms with E-state index in [1.54, 1.807) is 0 Å². The SMILES string of the molecule is CC(NC(=O)CNC(=O)CCCCCN1C(=O)C=CC1=O)C(=O)Nc1ccc(C(=O)NCCCC(C=O)NC(=O)c2ccc(NCc3cnc4nc(N)nc(N)c4n3)c(O)c2)c(/C(N)=N/NN)c1.CCC.CO. The lowest BCUT2D eigenvalue weighted by atomic mass is 10.0. The summed E-state index contributed by atoms with van der Waals surface area (Å²) >= 11 is 0. The maximum atomic E-state index is 13.3. The molecular formula is C46H63N17O10. The summed E-state index contributed by atoms with van der Waals surface area (Å²) in [5, 5.41) is 37.3. The quantitative estimate of drug-likeness (QED) is 0.00618. The topological polar surface area (TPSA) is 432 Å². The number of carbonyl (C=O) groups excluding carboxylic acids is 8. The van der Waals surface area contributed by atoms with Gasteiger partial charge in [0.1, 0.15) is 18.1 Å². The van der Waals surface area contributed by atoms with Gasteiger partial charge < -0.3 is 64.1 Å². The summed E-state index contributed by atoms with van der Waals surface area (Å²) in [7, 11) is 1.00. The monoisotopic (exact) mass is 1010 g/mol. The Labute approximate surface area is 419 Å². The lowest BCUT2D eigenvalue weighted by Crippen LogP contribution is -2.45. The number of benzene rings is 2. The smallest absolute Gasteiger partial charge is 0.253 e. The van der Waals surface area contributed by atoms with Gasteiger partial charge in [0.25, 0.3) is 23.6 Å². The molecule has 2 aromatic heterocycles. The van der Waals surface area contributed by atoms with E-state index in [0.29, 0.717) is 31.2 Å². The predicted octanol–water partition coefficient (Wildman–Crippen LogP) is -0.437. The van der Waals surface area contributed by atoms with Crippen LogP contribution in [0, 0.1) is 0 Å². The van der Waals surface area contributed by atoms with Gasteiger partial charge in [0.05, 0.1) is 42.3 Å². The number of nitrogens with zero attached hydrogens (tertiary/aromatic N) is 6. The highest BCUT2D eigenvalue weighted by atomic mass is 16.3. The number of aromatic nitrogens is 4. The van der Waals surface area contributed by atoms with Crippen LogP contribution in [-0.4, -0.2) is 127 Å². The number of hydrogen-bond donors (Lipinski definition) is 13. The van der Waals surface area contributed by atoms with Gasteiger partial charge in [-0.25, -0.2) is 21.3 Å². The zero-order chi connectivity index (χ0) is 54.0. The number of carbonyl (C=O) groups is 8. The number of rotatable bonds is 24. The van der Waals surface area contributed by atoms with Crippen LogP contribution >= 0.6 is 0 Å². The Morgan fingerprint density at radius 2 is 1.58 bits per heavy atom. The van der Waals surface area contributed by atoms with Gasteiger partial charge in [0, 0.05) is 55.6 Å². The average Bonchev–Trinajstić information content (AvgIpc) is 3.69. The molecule has 0 saturated heterocycles. The first kappa shape index (κ1) is 58.5. The number of amides is 7. The fourth-order valence-corrected chi connectivity index (χ4v) is 6.54. The summed E-state index contributed by atoms with van der Waals surface area (Å²) in [5.41, 5.74) is 21.2. The van der Waals surface area contributed by atoms with E-state index in [4.69, 9.17) is 28.2 Å². The van der Waals surface area contributed by atoms with Crippen molar-refractivity contribution in [2.45, 2.75) is 84.3 Å². The molecule has 4 aromatic rings. The minimum atomic E-state index is -1.05. The highest BCUT2D eigenvalue weighted by molar-refractivity contribution is 6.13. The highest BCUT2D eigenvalue weighted by Gasteiger charge is 2.23. The maximum absolute atomic E-state index is 13.3. The molecule has 2 atom stereocenters. The second kappa shape index (κ2) is 30.0. The van der Waals surface area contributed by atoms with Crippen molar-refractivity contribution < 1.29 is 48.6 Å². The Balaban J connectivity index is 0.00000271. The van der Waals surface area contributed by atoms with Crippen molar-refractivity contribution in [3.8, 4) is 5.75 Å². The predicted molar refractivity (Wildman–Crippen MR) is 270 cm³/mol. The van der Waals surface area contributed by atoms with Crippen molar-refractivity contribution in [2.75, 3.05) is 48.8 Å². The van der Waals surface area contributed by atoms with E-state index in [2.05, 4.69) is 70.8 Å². The summed E-state index contributed by atoms with van der Waals surface area (Å²) in [6.07, 6.45) is 7.77. The first-order valence-corrected chi connectivity index (χ1v) is 22.9. The first-order valence-electron chi connectivity index (χ1n) is 22.9.